The first-order chi connectivity index (χ1) is 13.9. The van der Waals surface area contributed by atoms with E-state index >= 15 is 0 Å². The van der Waals surface area contributed by atoms with Crippen LogP contribution in [-0.4, -0.2) is 26.2 Å². The number of hydrogen-bond acceptors (Lipinski definition) is 4. The van der Waals surface area contributed by atoms with Gasteiger partial charge in [0.25, 0.3) is 0 Å². The first kappa shape index (κ1) is 22.0. The minimum Gasteiger partial charge on any atom is -0.468 e. The highest BCUT2D eigenvalue weighted by atomic mass is 16.5. The zero-order chi connectivity index (χ0) is 21.3. The summed E-state index contributed by atoms with van der Waals surface area (Å²) in [4.78, 5) is 25.1. The minimum atomic E-state index is -1.49. The number of allylic oxidation sites excluding steroid dienone is 2. The molecule has 0 aliphatic heterocycles. The van der Waals surface area contributed by atoms with Crippen LogP contribution in [0.25, 0.3) is 11.1 Å². The molecular weight excluding hydrogens is 364 g/mol. The monoisotopic (exact) mass is 390 g/mol. The van der Waals surface area contributed by atoms with E-state index in [-0.39, 0.29) is 12.8 Å². The van der Waals surface area contributed by atoms with Gasteiger partial charge in [-0.15, -0.1) is 0 Å². The van der Waals surface area contributed by atoms with E-state index in [4.69, 9.17) is 9.47 Å². The Kier molecular flexibility index (Phi) is 7.79. The molecule has 0 spiro atoms. The Balaban J connectivity index is 2.43. The van der Waals surface area contributed by atoms with Crippen molar-refractivity contribution in [3.63, 3.8) is 0 Å². The fraction of sp³-hybridized carbons (Fsp3) is 0.280. The molecule has 0 fully saturated rings. The first-order valence-corrected chi connectivity index (χ1v) is 9.38. The van der Waals surface area contributed by atoms with Crippen LogP contribution in [-0.2, 0) is 19.1 Å². The van der Waals surface area contributed by atoms with E-state index in [1.807, 2.05) is 74.5 Å². The van der Waals surface area contributed by atoms with E-state index in [0.29, 0.717) is 0 Å². The number of carbonyl (C=O) groups is 2. The van der Waals surface area contributed by atoms with Crippen molar-refractivity contribution in [3.8, 4) is 23.0 Å². The van der Waals surface area contributed by atoms with Crippen LogP contribution < -0.4 is 0 Å². The van der Waals surface area contributed by atoms with Crippen molar-refractivity contribution in [2.24, 2.45) is 5.41 Å². The van der Waals surface area contributed by atoms with Gasteiger partial charge in [0.15, 0.2) is 5.41 Å². The summed E-state index contributed by atoms with van der Waals surface area (Å²) in [5.41, 5.74) is 2.37. The summed E-state index contributed by atoms with van der Waals surface area (Å²) in [5.74, 6) is 4.86. The lowest BCUT2D eigenvalue weighted by Crippen LogP contribution is -2.40. The number of hydrogen-bond donors (Lipinski definition) is 0. The van der Waals surface area contributed by atoms with Gasteiger partial charge in [-0.25, -0.2) is 0 Å². The van der Waals surface area contributed by atoms with E-state index in [9.17, 15) is 9.59 Å². The Labute approximate surface area is 172 Å². The zero-order valence-corrected chi connectivity index (χ0v) is 17.3. The van der Waals surface area contributed by atoms with Crippen molar-refractivity contribution in [1.82, 2.24) is 0 Å². The zero-order valence-electron chi connectivity index (χ0n) is 17.3. The normalized spacial score (nSPS) is 10.3. The smallest absolute Gasteiger partial charge is 0.324 e. The molecule has 0 saturated carbocycles. The molecule has 0 aromatic heterocycles. The van der Waals surface area contributed by atoms with Crippen molar-refractivity contribution in [1.29, 1.82) is 0 Å². The van der Waals surface area contributed by atoms with Gasteiger partial charge in [-0.1, -0.05) is 72.0 Å². The molecule has 150 valence electrons. The number of benzene rings is 2. The molecule has 0 aliphatic rings. The molecule has 2 aromatic rings. The van der Waals surface area contributed by atoms with Crippen molar-refractivity contribution < 1.29 is 19.1 Å². The van der Waals surface area contributed by atoms with Crippen LogP contribution in [0.3, 0.4) is 0 Å². The summed E-state index contributed by atoms with van der Waals surface area (Å²) in [6.45, 7) is 3.81. The maximum Gasteiger partial charge on any atom is 0.324 e. The predicted molar refractivity (Wildman–Crippen MR) is 114 cm³/mol. The summed E-state index contributed by atoms with van der Waals surface area (Å²) in [6.07, 6.45) is 2.00. The van der Waals surface area contributed by atoms with E-state index in [1.165, 1.54) is 14.2 Å². The summed E-state index contributed by atoms with van der Waals surface area (Å²) in [7, 11) is 2.53. The van der Waals surface area contributed by atoms with Crippen LogP contribution in [0.4, 0.5) is 0 Å². The van der Waals surface area contributed by atoms with Gasteiger partial charge >= 0.3 is 11.9 Å². The van der Waals surface area contributed by atoms with Gasteiger partial charge in [-0.3, -0.25) is 9.59 Å². The van der Waals surface area contributed by atoms with Crippen molar-refractivity contribution in [3.05, 3.63) is 71.8 Å². The summed E-state index contributed by atoms with van der Waals surface area (Å²) in [6, 6.07) is 17.7. The maximum atomic E-state index is 12.6. The third-order valence-electron chi connectivity index (χ3n) is 4.64. The second kappa shape index (κ2) is 10.3. The Morgan fingerprint density at radius 1 is 0.931 bits per heavy atom. The third kappa shape index (κ3) is 5.36. The molecule has 0 aliphatic carbocycles. The molecule has 0 bridgehead atoms. The quantitative estimate of drug-likeness (QED) is 0.308. The highest BCUT2D eigenvalue weighted by Gasteiger charge is 2.47. The highest BCUT2D eigenvalue weighted by molar-refractivity contribution is 6.00. The van der Waals surface area contributed by atoms with Gasteiger partial charge in [-0.2, -0.15) is 0 Å². The van der Waals surface area contributed by atoms with Crippen LogP contribution in [0.15, 0.2) is 66.2 Å². The SMILES string of the molecule is COC(=O)C(CC#Cc1ccccc1-c1ccccc1)(CC=C(C)C)C(=O)OC. The molecule has 4 heteroatoms. The molecule has 2 rings (SSSR count). The Morgan fingerprint density at radius 3 is 2.10 bits per heavy atom. The lowest BCUT2D eigenvalue weighted by atomic mass is 9.80. The van der Waals surface area contributed by atoms with Crippen LogP contribution in [0, 0.1) is 17.3 Å². The standard InChI is InChI=1S/C25H26O4/c1-19(2)16-18-25(23(26)28-3,24(27)29-4)17-10-14-21-13-8-9-15-22(21)20-11-6-5-7-12-20/h5-9,11-13,15-16H,17-18H2,1-4H3. The summed E-state index contributed by atoms with van der Waals surface area (Å²) >= 11 is 0. The third-order valence-corrected chi connectivity index (χ3v) is 4.64. The largest absolute Gasteiger partial charge is 0.468 e. The molecule has 0 radical (unpaired) electrons. The van der Waals surface area contributed by atoms with Crippen LogP contribution in [0.5, 0.6) is 0 Å². The molecule has 0 unspecified atom stereocenters. The molecule has 0 atom stereocenters. The molecule has 29 heavy (non-hydrogen) atoms. The van der Waals surface area contributed by atoms with Gasteiger partial charge in [0.05, 0.1) is 14.2 Å². The molecule has 0 heterocycles. The Bertz CT molecular complexity index is 926. The van der Waals surface area contributed by atoms with E-state index in [1.54, 1.807) is 0 Å². The number of ether oxygens (including phenoxy) is 2. The second-order valence-electron chi connectivity index (χ2n) is 6.94. The topological polar surface area (TPSA) is 52.6 Å². The molecule has 0 amide bonds. The van der Waals surface area contributed by atoms with E-state index in [0.717, 1.165) is 22.3 Å². The first-order valence-electron chi connectivity index (χ1n) is 9.38. The van der Waals surface area contributed by atoms with Gasteiger partial charge < -0.3 is 9.47 Å². The highest BCUT2D eigenvalue weighted by Crippen LogP contribution is 2.31. The average Bonchev–Trinajstić information content (AvgIpc) is 2.75. The number of methoxy groups -OCH3 is 2. The van der Waals surface area contributed by atoms with Crippen molar-refractivity contribution >= 4 is 11.9 Å². The number of rotatable bonds is 6. The fourth-order valence-electron chi connectivity index (χ4n) is 2.99. The molecular formula is C25H26O4. The van der Waals surface area contributed by atoms with Gasteiger partial charge in [-0.05, 0) is 37.5 Å². The molecule has 0 saturated heterocycles. The second-order valence-corrected chi connectivity index (χ2v) is 6.94. The average molecular weight is 390 g/mol. The van der Waals surface area contributed by atoms with Gasteiger partial charge in [0.1, 0.15) is 0 Å². The van der Waals surface area contributed by atoms with Crippen LogP contribution >= 0.6 is 0 Å². The fourth-order valence-corrected chi connectivity index (χ4v) is 2.99. The lowest BCUT2D eigenvalue weighted by molar-refractivity contribution is -0.168. The maximum absolute atomic E-state index is 12.6. The van der Waals surface area contributed by atoms with E-state index < -0.39 is 17.4 Å². The Hall–Kier alpha value is -3.32. The van der Waals surface area contributed by atoms with E-state index in [2.05, 4.69) is 11.8 Å². The van der Waals surface area contributed by atoms with Crippen molar-refractivity contribution in [2.75, 3.05) is 14.2 Å². The van der Waals surface area contributed by atoms with Crippen molar-refractivity contribution in [2.45, 2.75) is 26.7 Å². The number of carbonyl (C=O) groups excluding carboxylic acids is 2. The molecule has 4 nitrogen and oxygen atoms in total. The Morgan fingerprint density at radius 2 is 1.52 bits per heavy atom. The van der Waals surface area contributed by atoms with Crippen LogP contribution in [0.2, 0.25) is 0 Å². The molecule has 0 N–H and O–H groups in total. The van der Waals surface area contributed by atoms with Gasteiger partial charge in [0, 0.05) is 12.0 Å². The lowest BCUT2D eigenvalue weighted by Gasteiger charge is -2.25. The predicted octanol–water partition coefficient (Wildman–Crippen LogP) is 4.78. The van der Waals surface area contributed by atoms with Gasteiger partial charge in [0.2, 0.25) is 0 Å². The minimum absolute atomic E-state index is 0.000743. The summed E-state index contributed by atoms with van der Waals surface area (Å²) in [5, 5.41) is 0. The summed E-state index contributed by atoms with van der Waals surface area (Å²) < 4.78 is 9.86. The van der Waals surface area contributed by atoms with Crippen LogP contribution in [0.1, 0.15) is 32.3 Å². The molecule has 2 aromatic carbocycles. The number of esters is 2.